The molecule has 4 heteroatoms. The smallest absolute Gasteiger partial charge is 0 e. The van der Waals surface area contributed by atoms with Gasteiger partial charge in [0, 0.05) is 33.3 Å². The molecule has 0 saturated carbocycles. The van der Waals surface area contributed by atoms with E-state index in [1.165, 1.54) is 0 Å². The Balaban J connectivity index is 0. The maximum Gasteiger partial charge on any atom is 0.316 e. The monoisotopic (exact) mass is 173 g/mol. The van der Waals surface area contributed by atoms with Gasteiger partial charge in [-0.3, -0.25) is 0 Å². The van der Waals surface area contributed by atoms with Crippen LogP contribution in [-0.2, 0) is 33.3 Å². The molecule has 29 valence electrons. The third kappa shape index (κ3) is 8.85. The summed E-state index contributed by atoms with van der Waals surface area (Å²) in [6, 6.07) is 0. The summed E-state index contributed by atoms with van der Waals surface area (Å²) in [5.41, 5.74) is 0. The second-order valence-electron chi connectivity index (χ2n) is 0. The molecule has 0 aliphatic rings. The van der Waals surface area contributed by atoms with Gasteiger partial charge in [0.15, 0.2) is 17.4 Å². The van der Waals surface area contributed by atoms with E-state index in [2.05, 4.69) is 0 Å². The Morgan fingerprint density at radius 1 is 1.00 bits per heavy atom. The Kier molecular flexibility index (Phi) is 155. The average Bonchev–Trinajstić information content (AvgIpc) is 0. The fourth-order valence-electron chi connectivity index (χ4n) is 0. The van der Waals surface area contributed by atoms with Gasteiger partial charge in [0.05, 0.1) is 0 Å². The van der Waals surface area contributed by atoms with Gasteiger partial charge in [-0.25, -0.2) is 0 Å². The molecule has 4 heavy (non-hydrogen) atoms. The van der Waals surface area contributed by atoms with Crippen LogP contribution in [0.5, 0.6) is 0 Å². The van der Waals surface area contributed by atoms with E-state index in [0.29, 0.717) is 0 Å². The van der Waals surface area contributed by atoms with E-state index < -0.39 is 0 Å². The van der Waals surface area contributed by atoms with E-state index in [1.54, 1.807) is 0 Å². The molecule has 0 N–H and O–H groups in total. The summed E-state index contributed by atoms with van der Waals surface area (Å²) in [5.74, 6) is 0. The topological polar surface area (TPSA) is 0 Å². The first kappa shape index (κ1) is 33.5. The minimum absolute atomic E-state index is 0. The molecular weight excluding hydrogens is 169 g/mol. The van der Waals surface area contributed by atoms with Crippen LogP contribution in [-0.4, -0.2) is 40.4 Å². The summed E-state index contributed by atoms with van der Waals surface area (Å²) in [6.45, 7) is 0. The van der Waals surface area contributed by atoms with E-state index in [-0.39, 0.29) is 73.7 Å². The quantitative estimate of drug-likeness (QED) is 0.369. The van der Waals surface area contributed by atoms with E-state index >= 15 is 0 Å². The van der Waals surface area contributed by atoms with E-state index in [4.69, 9.17) is 0 Å². The molecule has 0 atom stereocenters. The summed E-state index contributed by atoms with van der Waals surface area (Å²) >= 11 is 0. The van der Waals surface area contributed by atoms with Crippen LogP contribution in [0.2, 0.25) is 0 Å². The minimum Gasteiger partial charge on any atom is 0 e. The van der Waals surface area contributed by atoms with Crippen molar-refractivity contribution in [2.45, 2.75) is 0 Å². The zero-order chi connectivity index (χ0) is 0. The summed E-state index contributed by atoms with van der Waals surface area (Å²) < 4.78 is 0. The van der Waals surface area contributed by atoms with Crippen molar-refractivity contribution >= 4 is 40.4 Å². The van der Waals surface area contributed by atoms with Gasteiger partial charge in [-0.2, -0.15) is 0 Å². The largest absolute Gasteiger partial charge is 0.316 e. The van der Waals surface area contributed by atoms with Crippen LogP contribution in [0.1, 0.15) is 0 Å². The molecule has 0 amide bonds. The van der Waals surface area contributed by atoms with E-state index in [0.717, 1.165) is 0 Å². The Morgan fingerprint density at radius 2 is 1.00 bits per heavy atom. The molecule has 0 aromatic rings. The molecular formula is H5AlCoMgNi. The van der Waals surface area contributed by atoms with Crippen LogP contribution in [0, 0.1) is 0 Å². The fourth-order valence-corrected chi connectivity index (χ4v) is 0. The van der Waals surface area contributed by atoms with Gasteiger partial charge in [0.25, 0.3) is 0 Å². The summed E-state index contributed by atoms with van der Waals surface area (Å²) in [6.07, 6.45) is 0. The maximum absolute atomic E-state index is 0. The van der Waals surface area contributed by atoms with Gasteiger partial charge in [0.2, 0.25) is 0 Å². The normalized spacial score (nSPS) is 0. The Hall–Kier alpha value is 2.30. The summed E-state index contributed by atoms with van der Waals surface area (Å²) in [7, 11) is 0. The van der Waals surface area contributed by atoms with Crippen molar-refractivity contribution in [1.82, 2.24) is 0 Å². The second kappa shape index (κ2) is 18.5. The van der Waals surface area contributed by atoms with Gasteiger partial charge >= 0.3 is 23.1 Å². The molecule has 0 aliphatic heterocycles. The Labute approximate surface area is 72.9 Å². The molecule has 0 spiro atoms. The average molecular weight is 174 g/mol. The van der Waals surface area contributed by atoms with Gasteiger partial charge in [-0.05, 0) is 0 Å². The first-order valence-electron chi connectivity index (χ1n) is 0. The molecule has 0 nitrogen and oxygen atoms in total. The van der Waals surface area contributed by atoms with Gasteiger partial charge in [0.1, 0.15) is 0 Å². The Morgan fingerprint density at radius 3 is 1.00 bits per heavy atom. The molecule has 0 saturated heterocycles. The van der Waals surface area contributed by atoms with Gasteiger partial charge < -0.3 is 0 Å². The molecule has 0 aliphatic carbocycles. The molecule has 0 heterocycles. The summed E-state index contributed by atoms with van der Waals surface area (Å²) in [5, 5.41) is 0. The fraction of sp³-hybridized carbons (Fsp3) is 0. The molecule has 0 aromatic carbocycles. The van der Waals surface area contributed by atoms with Crippen LogP contribution in [0.15, 0.2) is 0 Å². The number of rotatable bonds is 0. The van der Waals surface area contributed by atoms with Crippen molar-refractivity contribution in [3.8, 4) is 0 Å². The zero-order valence-electron chi connectivity index (χ0n) is 0.650. The van der Waals surface area contributed by atoms with Crippen molar-refractivity contribution in [2.75, 3.05) is 0 Å². The zero-order valence-corrected chi connectivity index (χ0v) is 2.68. The van der Waals surface area contributed by atoms with Crippen LogP contribution in [0.3, 0.4) is 0 Å². The molecule has 0 aromatic heterocycles. The molecule has 0 bridgehead atoms. The first-order chi connectivity index (χ1) is 0. The SMILES string of the molecule is [AlH3].[Co].[MgH2].[Ni]. The van der Waals surface area contributed by atoms with Crippen LogP contribution in [0.4, 0.5) is 0 Å². The van der Waals surface area contributed by atoms with Crippen LogP contribution in [0.25, 0.3) is 0 Å². The van der Waals surface area contributed by atoms with E-state index in [1.807, 2.05) is 0 Å². The predicted octanol–water partition coefficient (Wildman–Crippen LogP) is -2.11. The third-order valence-corrected chi connectivity index (χ3v) is 0. The maximum atomic E-state index is 0. The first-order valence-corrected chi connectivity index (χ1v) is 0. The minimum atomic E-state index is 0. The van der Waals surface area contributed by atoms with Crippen molar-refractivity contribution in [3.63, 3.8) is 0 Å². The van der Waals surface area contributed by atoms with Crippen molar-refractivity contribution in [2.24, 2.45) is 0 Å². The number of hydrogen-bond donors (Lipinski definition) is 0. The van der Waals surface area contributed by atoms with Crippen LogP contribution >= 0.6 is 0 Å². The molecule has 0 fully saturated rings. The van der Waals surface area contributed by atoms with Gasteiger partial charge in [-0.1, -0.05) is 0 Å². The van der Waals surface area contributed by atoms with E-state index in [9.17, 15) is 0 Å². The van der Waals surface area contributed by atoms with Gasteiger partial charge in [-0.15, -0.1) is 0 Å². The molecule has 0 rings (SSSR count). The van der Waals surface area contributed by atoms with Crippen molar-refractivity contribution in [1.29, 1.82) is 0 Å². The third-order valence-electron chi connectivity index (χ3n) is 0. The predicted molar refractivity (Wildman–Crippen MR) is 18.5 cm³/mol. The summed E-state index contributed by atoms with van der Waals surface area (Å²) in [4.78, 5) is 0. The molecule has 0 unspecified atom stereocenters. The molecule has 1 radical (unpaired) electrons. The number of hydrogen-bond acceptors (Lipinski definition) is 0. The van der Waals surface area contributed by atoms with Crippen LogP contribution < -0.4 is 0 Å². The second-order valence-corrected chi connectivity index (χ2v) is 0. The Bertz CT molecular complexity index is 8.00. The standard InChI is InChI=1S/Al.Co.Mg.Ni.5H. The van der Waals surface area contributed by atoms with Crippen molar-refractivity contribution < 1.29 is 33.3 Å². The van der Waals surface area contributed by atoms with Crippen molar-refractivity contribution in [3.05, 3.63) is 0 Å².